The highest BCUT2D eigenvalue weighted by atomic mass is 35.5. The minimum Gasteiger partial charge on any atom is -0.504 e. The number of thioether (sulfide) groups is 1. The molecule has 0 aliphatic heterocycles. The maximum absolute atomic E-state index is 10.2. The lowest BCUT2D eigenvalue weighted by Gasteiger charge is -2.35. The van der Waals surface area contributed by atoms with Crippen LogP contribution in [0.4, 0.5) is 0 Å². The van der Waals surface area contributed by atoms with Crippen LogP contribution in [0.25, 0.3) is 0 Å². The van der Waals surface area contributed by atoms with Crippen molar-refractivity contribution in [1.29, 1.82) is 0 Å². The van der Waals surface area contributed by atoms with E-state index in [0.717, 1.165) is 62.5 Å². The molecule has 3 rings (SSSR count). The number of aromatic hydroxyl groups is 2. The number of unbranched alkanes of at least 4 members (excludes halogenated alkanes) is 3. The van der Waals surface area contributed by atoms with Crippen molar-refractivity contribution in [3.8, 4) is 17.2 Å². The molecule has 204 valence electrons. The number of rotatable bonds is 15. The Morgan fingerprint density at radius 1 is 1.00 bits per heavy atom. The molecule has 0 radical (unpaired) electrons. The normalized spacial score (nSPS) is 14.6. The van der Waals surface area contributed by atoms with Gasteiger partial charge in [-0.3, -0.25) is 0 Å². The summed E-state index contributed by atoms with van der Waals surface area (Å²) < 4.78 is 5.41. The molecular weight excluding hydrogens is 515 g/mol. The van der Waals surface area contributed by atoms with Gasteiger partial charge in [-0.25, -0.2) is 0 Å². The zero-order chi connectivity index (χ0) is 24.2. The number of phenolic OH excluding ortho intramolecular Hbond substituents is 2. The van der Waals surface area contributed by atoms with Gasteiger partial charge in [-0.15, -0.1) is 36.6 Å². The first-order chi connectivity index (χ1) is 16.6. The predicted octanol–water partition coefficient (Wildman–Crippen LogP) is 6.46. The molecule has 0 heterocycles. The van der Waals surface area contributed by atoms with Crippen LogP contribution < -0.4 is 10.1 Å². The van der Waals surface area contributed by atoms with Crippen LogP contribution in [-0.2, 0) is 12.8 Å². The largest absolute Gasteiger partial charge is 0.504 e. The van der Waals surface area contributed by atoms with Crippen LogP contribution in [-0.4, -0.2) is 60.2 Å². The van der Waals surface area contributed by atoms with Crippen molar-refractivity contribution in [3.05, 3.63) is 47.5 Å². The van der Waals surface area contributed by atoms with E-state index in [1.807, 2.05) is 30.0 Å². The standard InChI is InChI=1S/C28H42N2O3S.2ClH/c1-3-18-30(23-13-14-24-22(21-23)12-15-25(31)28(24)32)19-9-5-4-8-16-29-17-20-34-27-11-7-6-10-26(27)33-2;;/h6-7,10-12,15,23,29,31-32H,3-5,8-9,13-14,16-21H2,1-2H3;2*1H/t23-;;/m0../s1. The first kappa shape index (κ1) is 32.7. The zero-order valence-electron chi connectivity index (χ0n) is 21.7. The van der Waals surface area contributed by atoms with Crippen molar-refractivity contribution in [1.82, 2.24) is 10.2 Å². The fourth-order valence-corrected chi connectivity index (χ4v) is 5.83. The first-order valence-corrected chi connectivity index (χ1v) is 13.9. The second-order valence-corrected chi connectivity index (χ2v) is 10.3. The highest BCUT2D eigenvalue weighted by Crippen LogP contribution is 2.36. The molecule has 0 saturated carbocycles. The number of fused-ring (bicyclic) bond motifs is 1. The number of benzene rings is 2. The maximum atomic E-state index is 10.2. The van der Waals surface area contributed by atoms with Crippen LogP contribution in [0.5, 0.6) is 17.2 Å². The molecular formula is C28H44Cl2N2O3S. The predicted molar refractivity (Wildman–Crippen MR) is 157 cm³/mol. The summed E-state index contributed by atoms with van der Waals surface area (Å²) in [6.45, 7) is 6.65. The molecule has 36 heavy (non-hydrogen) atoms. The molecule has 8 heteroatoms. The number of nitrogens with one attached hydrogen (secondary N) is 1. The van der Waals surface area contributed by atoms with Gasteiger partial charge in [0.1, 0.15) is 5.75 Å². The van der Waals surface area contributed by atoms with Gasteiger partial charge < -0.3 is 25.2 Å². The van der Waals surface area contributed by atoms with Crippen molar-refractivity contribution in [3.63, 3.8) is 0 Å². The number of halogens is 2. The Hall–Kier alpha value is -1.31. The molecule has 0 bridgehead atoms. The molecule has 0 spiro atoms. The molecule has 2 aromatic rings. The van der Waals surface area contributed by atoms with Crippen LogP contribution in [0.1, 0.15) is 56.6 Å². The van der Waals surface area contributed by atoms with Gasteiger partial charge in [0.15, 0.2) is 11.5 Å². The van der Waals surface area contributed by atoms with Crippen molar-refractivity contribution in [2.75, 3.05) is 39.0 Å². The molecule has 0 unspecified atom stereocenters. The smallest absolute Gasteiger partial charge is 0.160 e. The quantitative estimate of drug-likeness (QED) is 0.132. The maximum Gasteiger partial charge on any atom is 0.160 e. The first-order valence-electron chi connectivity index (χ1n) is 12.9. The van der Waals surface area contributed by atoms with Crippen LogP contribution in [0.3, 0.4) is 0 Å². The topological polar surface area (TPSA) is 65.0 Å². The number of hydrogen-bond donors (Lipinski definition) is 3. The van der Waals surface area contributed by atoms with Gasteiger partial charge in [-0.2, -0.15) is 0 Å². The van der Waals surface area contributed by atoms with Gasteiger partial charge in [0, 0.05) is 28.8 Å². The van der Waals surface area contributed by atoms with E-state index in [1.165, 1.54) is 42.6 Å². The molecule has 5 nitrogen and oxygen atoms in total. The average molecular weight is 560 g/mol. The Balaban J connectivity index is 0.00000324. The van der Waals surface area contributed by atoms with E-state index < -0.39 is 0 Å². The van der Waals surface area contributed by atoms with E-state index in [4.69, 9.17) is 4.74 Å². The molecule has 1 aliphatic carbocycles. The van der Waals surface area contributed by atoms with E-state index in [-0.39, 0.29) is 36.3 Å². The molecule has 0 saturated heterocycles. The summed E-state index contributed by atoms with van der Waals surface area (Å²) in [6, 6.07) is 12.4. The minimum absolute atomic E-state index is 0. The van der Waals surface area contributed by atoms with E-state index in [9.17, 15) is 10.2 Å². The number of hydrogen-bond acceptors (Lipinski definition) is 6. The summed E-state index contributed by atoms with van der Waals surface area (Å²) >= 11 is 1.84. The summed E-state index contributed by atoms with van der Waals surface area (Å²) in [5.74, 6) is 2.10. The van der Waals surface area contributed by atoms with Gasteiger partial charge in [-0.05, 0) is 81.9 Å². The molecule has 3 N–H and O–H groups in total. The lowest BCUT2D eigenvalue weighted by atomic mass is 9.86. The Bertz CT molecular complexity index is 888. The summed E-state index contributed by atoms with van der Waals surface area (Å²) in [5.41, 5.74) is 2.14. The average Bonchev–Trinajstić information content (AvgIpc) is 2.86. The van der Waals surface area contributed by atoms with Gasteiger partial charge in [0.05, 0.1) is 7.11 Å². The molecule has 0 aromatic heterocycles. The summed E-state index contributed by atoms with van der Waals surface area (Å²) in [5, 5.41) is 23.5. The van der Waals surface area contributed by atoms with E-state index >= 15 is 0 Å². The van der Waals surface area contributed by atoms with Crippen LogP contribution in [0.15, 0.2) is 41.3 Å². The Morgan fingerprint density at radius 2 is 1.78 bits per heavy atom. The highest BCUT2D eigenvalue weighted by molar-refractivity contribution is 7.99. The third-order valence-corrected chi connectivity index (χ3v) is 7.78. The van der Waals surface area contributed by atoms with Crippen LogP contribution in [0, 0.1) is 0 Å². The van der Waals surface area contributed by atoms with E-state index in [1.54, 1.807) is 13.2 Å². The van der Waals surface area contributed by atoms with E-state index in [2.05, 4.69) is 29.3 Å². The molecule has 1 aliphatic rings. The van der Waals surface area contributed by atoms with Crippen molar-refractivity contribution in [2.45, 2.75) is 69.2 Å². The molecule has 1 atom stereocenters. The SMILES string of the molecule is CCCN(CCCCCCNCCSc1ccccc1OC)[C@H]1CCc2c(ccc(O)c2O)C1.Cl.Cl. The third-order valence-electron chi connectivity index (χ3n) is 6.72. The fraction of sp³-hybridized carbons (Fsp3) is 0.571. The highest BCUT2D eigenvalue weighted by Gasteiger charge is 2.26. The van der Waals surface area contributed by atoms with Gasteiger partial charge in [-0.1, -0.05) is 38.0 Å². The van der Waals surface area contributed by atoms with Gasteiger partial charge >= 0.3 is 0 Å². The number of ether oxygens (including phenoxy) is 1. The minimum atomic E-state index is 0. The summed E-state index contributed by atoms with van der Waals surface area (Å²) in [6.07, 6.45) is 9.06. The number of nitrogens with zero attached hydrogens (tertiary/aromatic N) is 1. The number of methoxy groups -OCH3 is 1. The monoisotopic (exact) mass is 558 g/mol. The summed E-state index contributed by atoms with van der Waals surface area (Å²) in [7, 11) is 1.73. The molecule has 0 fully saturated rings. The second kappa shape index (κ2) is 18.0. The Morgan fingerprint density at radius 3 is 2.56 bits per heavy atom. The molecule has 2 aromatic carbocycles. The number of para-hydroxylation sites is 1. The Labute approximate surface area is 234 Å². The lowest BCUT2D eigenvalue weighted by Crippen LogP contribution is -2.40. The van der Waals surface area contributed by atoms with Gasteiger partial charge in [0.25, 0.3) is 0 Å². The van der Waals surface area contributed by atoms with Crippen LogP contribution >= 0.6 is 36.6 Å². The summed E-state index contributed by atoms with van der Waals surface area (Å²) in [4.78, 5) is 3.86. The third kappa shape index (κ3) is 9.86. The fourth-order valence-electron chi connectivity index (χ4n) is 4.89. The van der Waals surface area contributed by atoms with E-state index in [0.29, 0.717) is 6.04 Å². The van der Waals surface area contributed by atoms with Crippen molar-refractivity contribution < 1.29 is 14.9 Å². The Kier molecular flexibility index (Phi) is 16.4. The molecule has 0 amide bonds. The lowest BCUT2D eigenvalue weighted by molar-refractivity contribution is 0.175. The number of phenols is 2. The van der Waals surface area contributed by atoms with Gasteiger partial charge in [0.2, 0.25) is 0 Å². The zero-order valence-corrected chi connectivity index (χ0v) is 24.2. The van der Waals surface area contributed by atoms with Crippen molar-refractivity contribution >= 4 is 36.6 Å². The van der Waals surface area contributed by atoms with Crippen molar-refractivity contribution in [2.24, 2.45) is 0 Å². The van der Waals surface area contributed by atoms with Crippen LogP contribution in [0.2, 0.25) is 0 Å². The second-order valence-electron chi connectivity index (χ2n) is 9.17.